The van der Waals surface area contributed by atoms with Gasteiger partial charge in [-0.2, -0.15) is 5.10 Å². The third-order valence-electron chi connectivity index (χ3n) is 2.97. The third-order valence-corrected chi connectivity index (χ3v) is 2.97. The summed E-state index contributed by atoms with van der Waals surface area (Å²) in [6, 6.07) is 13.5. The summed E-state index contributed by atoms with van der Waals surface area (Å²) >= 11 is 0. The molecule has 2 rings (SSSR count). The van der Waals surface area contributed by atoms with Gasteiger partial charge in [0.2, 0.25) is 0 Å². The molecule has 2 aromatic rings. The van der Waals surface area contributed by atoms with Crippen molar-refractivity contribution in [1.82, 2.24) is 5.43 Å². The Bertz CT molecular complexity index is 762. The maximum Gasteiger partial charge on any atom is 0.339 e. The van der Waals surface area contributed by atoms with Crippen LogP contribution in [0.5, 0.6) is 11.5 Å². The molecule has 0 aliphatic rings. The summed E-state index contributed by atoms with van der Waals surface area (Å²) in [7, 11) is 1.47. The maximum atomic E-state index is 11.7. The molecule has 25 heavy (non-hydrogen) atoms. The number of hydrogen-bond acceptors (Lipinski definition) is 5. The average molecular weight is 342 g/mol. The number of carbonyl (C=O) groups excluding carboxylic acids is 2. The summed E-state index contributed by atoms with van der Waals surface area (Å²) in [5.41, 5.74) is 8.73. The Hall–Kier alpha value is -3.55. The first kappa shape index (κ1) is 17.8. The van der Waals surface area contributed by atoms with Crippen molar-refractivity contribution in [2.75, 3.05) is 19.0 Å². The van der Waals surface area contributed by atoms with Crippen LogP contribution in [-0.4, -0.2) is 31.9 Å². The van der Waals surface area contributed by atoms with E-state index in [0.717, 1.165) is 0 Å². The number of urea groups is 1. The van der Waals surface area contributed by atoms with E-state index in [1.165, 1.54) is 13.3 Å². The number of hydrogen-bond donors (Lipinski definition) is 3. The summed E-state index contributed by atoms with van der Waals surface area (Å²) in [5, 5.41) is 6.49. The Balaban J connectivity index is 1.93. The molecule has 0 radical (unpaired) electrons. The van der Waals surface area contributed by atoms with Gasteiger partial charge in [0.05, 0.1) is 13.3 Å². The summed E-state index contributed by atoms with van der Waals surface area (Å²) in [5.74, 6) is 0.216. The molecule has 0 aliphatic heterocycles. The minimum absolute atomic E-state index is 0.245. The van der Waals surface area contributed by atoms with Crippen LogP contribution in [0, 0.1) is 0 Å². The maximum absolute atomic E-state index is 11.7. The van der Waals surface area contributed by atoms with Gasteiger partial charge < -0.3 is 20.5 Å². The van der Waals surface area contributed by atoms with Crippen LogP contribution in [0.3, 0.4) is 0 Å². The molecule has 8 heteroatoms. The van der Waals surface area contributed by atoms with Crippen LogP contribution < -0.4 is 25.9 Å². The minimum atomic E-state index is -0.582. The second-order valence-corrected chi connectivity index (χ2v) is 4.86. The predicted octanol–water partition coefficient (Wildman–Crippen LogP) is 1.71. The third kappa shape index (κ3) is 5.87. The smallest absolute Gasteiger partial charge is 0.339 e. The highest BCUT2D eigenvalue weighted by atomic mass is 16.5. The Morgan fingerprint density at radius 2 is 1.92 bits per heavy atom. The number of methoxy groups -OCH3 is 1. The van der Waals surface area contributed by atoms with E-state index in [-0.39, 0.29) is 6.61 Å². The number of nitrogens with two attached hydrogens (primary N) is 1. The molecule has 0 bridgehead atoms. The Kier molecular flexibility index (Phi) is 6.35. The number of para-hydroxylation sites is 1. The van der Waals surface area contributed by atoms with E-state index in [1.54, 1.807) is 30.3 Å². The lowest BCUT2D eigenvalue weighted by molar-refractivity contribution is -0.119. The van der Waals surface area contributed by atoms with Crippen LogP contribution in [0.25, 0.3) is 0 Å². The molecule has 2 aromatic carbocycles. The number of ether oxygens (including phenoxy) is 2. The number of nitrogens with one attached hydrogen (secondary N) is 2. The van der Waals surface area contributed by atoms with E-state index < -0.39 is 11.9 Å². The van der Waals surface area contributed by atoms with Crippen LogP contribution in [0.4, 0.5) is 10.5 Å². The van der Waals surface area contributed by atoms with E-state index in [9.17, 15) is 9.59 Å². The Morgan fingerprint density at radius 1 is 1.16 bits per heavy atom. The largest absolute Gasteiger partial charge is 0.493 e. The second-order valence-electron chi connectivity index (χ2n) is 4.86. The lowest BCUT2D eigenvalue weighted by Crippen LogP contribution is -2.24. The van der Waals surface area contributed by atoms with Crippen LogP contribution in [-0.2, 0) is 4.79 Å². The number of nitrogens with zero attached hydrogens (tertiary/aromatic N) is 1. The summed E-state index contributed by atoms with van der Waals surface area (Å²) in [4.78, 5) is 22.5. The fraction of sp³-hybridized carbons (Fsp3) is 0.118. The lowest BCUT2D eigenvalue weighted by atomic mass is 10.2. The van der Waals surface area contributed by atoms with E-state index in [2.05, 4.69) is 15.8 Å². The molecule has 0 saturated carbocycles. The van der Waals surface area contributed by atoms with Crippen molar-refractivity contribution < 1.29 is 19.1 Å². The van der Waals surface area contributed by atoms with Crippen molar-refractivity contribution in [2.24, 2.45) is 10.8 Å². The highest BCUT2D eigenvalue weighted by molar-refractivity contribution is 5.90. The molecule has 0 aromatic heterocycles. The molecule has 8 nitrogen and oxygen atoms in total. The minimum Gasteiger partial charge on any atom is -0.493 e. The number of carbonyl (C=O) groups is 2. The molecular formula is C17H18N4O4. The second kappa shape index (κ2) is 8.92. The molecule has 0 aliphatic carbocycles. The SMILES string of the molecule is COc1cc(/C=N\NC(=O)Nc2ccccc2)ccc1OCC(N)=O. The Labute approximate surface area is 144 Å². The van der Waals surface area contributed by atoms with Crippen LogP contribution in [0.1, 0.15) is 5.56 Å². The number of anilines is 1. The zero-order valence-corrected chi connectivity index (χ0v) is 13.6. The first-order valence-corrected chi connectivity index (χ1v) is 7.32. The zero-order chi connectivity index (χ0) is 18.1. The van der Waals surface area contributed by atoms with Gasteiger partial charge in [0.25, 0.3) is 5.91 Å². The predicted molar refractivity (Wildman–Crippen MR) is 93.9 cm³/mol. The van der Waals surface area contributed by atoms with Crippen molar-refractivity contribution >= 4 is 23.8 Å². The van der Waals surface area contributed by atoms with Crippen molar-refractivity contribution in [2.45, 2.75) is 0 Å². The highest BCUT2D eigenvalue weighted by Gasteiger charge is 2.06. The molecule has 0 atom stereocenters. The highest BCUT2D eigenvalue weighted by Crippen LogP contribution is 2.27. The average Bonchev–Trinajstić information content (AvgIpc) is 2.61. The molecule has 0 unspecified atom stereocenters. The van der Waals surface area contributed by atoms with Crippen molar-refractivity contribution in [3.8, 4) is 11.5 Å². The van der Waals surface area contributed by atoms with Gasteiger partial charge in [0.15, 0.2) is 18.1 Å². The zero-order valence-electron chi connectivity index (χ0n) is 13.6. The Morgan fingerprint density at radius 3 is 2.60 bits per heavy atom. The summed E-state index contributed by atoms with van der Waals surface area (Å²) < 4.78 is 10.4. The quantitative estimate of drug-likeness (QED) is 0.525. The van der Waals surface area contributed by atoms with E-state index in [0.29, 0.717) is 22.7 Å². The molecule has 3 amide bonds. The fourth-order valence-corrected chi connectivity index (χ4v) is 1.88. The van der Waals surface area contributed by atoms with E-state index in [4.69, 9.17) is 15.2 Å². The van der Waals surface area contributed by atoms with Gasteiger partial charge in [-0.05, 0) is 35.9 Å². The van der Waals surface area contributed by atoms with E-state index in [1.807, 2.05) is 18.2 Å². The fourth-order valence-electron chi connectivity index (χ4n) is 1.88. The van der Waals surface area contributed by atoms with Gasteiger partial charge in [-0.25, -0.2) is 10.2 Å². The topological polar surface area (TPSA) is 115 Å². The van der Waals surface area contributed by atoms with Crippen molar-refractivity contribution in [1.29, 1.82) is 0 Å². The molecule has 4 N–H and O–H groups in total. The first-order chi connectivity index (χ1) is 12.1. The number of primary amides is 1. The van der Waals surface area contributed by atoms with Gasteiger partial charge in [-0.1, -0.05) is 18.2 Å². The first-order valence-electron chi connectivity index (χ1n) is 7.32. The monoisotopic (exact) mass is 342 g/mol. The summed E-state index contributed by atoms with van der Waals surface area (Å²) in [6.45, 7) is -0.245. The van der Waals surface area contributed by atoms with Crippen molar-refractivity contribution in [3.05, 3.63) is 54.1 Å². The van der Waals surface area contributed by atoms with Gasteiger partial charge in [0, 0.05) is 5.69 Å². The molecule has 130 valence electrons. The molecule has 0 spiro atoms. The van der Waals surface area contributed by atoms with Crippen molar-refractivity contribution in [3.63, 3.8) is 0 Å². The van der Waals surface area contributed by atoms with E-state index >= 15 is 0 Å². The molecular weight excluding hydrogens is 324 g/mol. The number of hydrazone groups is 1. The molecule has 0 heterocycles. The molecule has 0 saturated heterocycles. The molecule has 0 fully saturated rings. The van der Waals surface area contributed by atoms with Crippen LogP contribution in [0.15, 0.2) is 53.6 Å². The lowest BCUT2D eigenvalue weighted by Gasteiger charge is -2.09. The standard InChI is InChI=1S/C17H18N4O4/c1-24-15-9-12(7-8-14(15)25-11-16(18)22)10-19-21-17(23)20-13-5-3-2-4-6-13/h2-10H,11H2,1H3,(H2,18,22)(H2,20,21,23)/b19-10-. The van der Waals surface area contributed by atoms with Gasteiger partial charge in [-0.15, -0.1) is 0 Å². The summed E-state index contributed by atoms with van der Waals surface area (Å²) in [6.07, 6.45) is 1.45. The van der Waals surface area contributed by atoms with Crippen LogP contribution >= 0.6 is 0 Å². The normalized spacial score (nSPS) is 10.3. The van der Waals surface area contributed by atoms with Gasteiger partial charge in [0.1, 0.15) is 0 Å². The number of rotatable bonds is 7. The van der Waals surface area contributed by atoms with Gasteiger partial charge >= 0.3 is 6.03 Å². The van der Waals surface area contributed by atoms with Crippen LogP contribution in [0.2, 0.25) is 0 Å². The number of amides is 3. The van der Waals surface area contributed by atoms with Gasteiger partial charge in [-0.3, -0.25) is 4.79 Å². The number of benzene rings is 2.